The molecule has 2 aliphatic rings. The Kier molecular flexibility index (Phi) is 3.99. The van der Waals surface area contributed by atoms with Crippen LogP contribution in [0, 0.1) is 5.92 Å². The Morgan fingerprint density at radius 3 is 2.68 bits per heavy atom. The first-order chi connectivity index (χ1) is 9.24. The van der Waals surface area contributed by atoms with Gasteiger partial charge < -0.3 is 10.2 Å². The molecule has 0 aliphatic heterocycles. The van der Waals surface area contributed by atoms with Crippen LogP contribution in [0.5, 0.6) is 0 Å². The van der Waals surface area contributed by atoms with E-state index in [0.29, 0.717) is 0 Å². The van der Waals surface area contributed by atoms with E-state index in [9.17, 15) is 0 Å². The lowest BCUT2D eigenvalue weighted by atomic mass is 9.85. The smallest absolute Gasteiger partial charge is 0.0642 e. The van der Waals surface area contributed by atoms with Gasteiger partial charge in [-0.05, 0) is 43.2 Å². The summed E-state index contributed by atoms with van der Waals surface area (Å²) in [4.78, 5) is 2.36. The summed E-state index contributed by atoms with van der Waals surface area (Å²) in [6.07, 6.45) is 6.81. The van der Waals surface area contributed by atoms with E-state index in [2.05, 4.69) is 29.4 Å². The maximum absolute atomic E-state index is 6.43. The molecule has 0 saturated heterocycles. The molecule has 1 aromatic carbocycles. The van der Waals surface area contributed by atoms with Crippen LogP contribution in [0.3, 0.4) is 0 Å². The average molecular weight is 279 g/mol. The van der Waals surface area contributed by atoms with E-state index in [1.54, 1.807) is 0 Å². The minimum Gasteiger partial charge on any atom is -0.373 e. The maximum Gasteiger partial charge on any atom is 0.0642 e. The van der Waals surface area contributed by atoms with Crippen molar-refractivity contribution in [2.45, 2.75) is 44.7 Å². The number of hydrogen-bond acceptors (Lipinski definition) is 2. The van der Waals surface area contributed by atoms with Crippen molar-refractivity contribution in [1.82, 2.24) is 5.32 Å². The lowest BCUT2D eigenvalue weighted by Gasteiger charge is -2.32. The third-order valence-corrected chi connectivity index (χ3v) is 4.67. The fraction of sp³-hybridized carbons (Fsp3) is 0.625. The van der Waals surface area contributed by atoms with Crippen LogP contribution in [0.15, 0.2) is 18.2 Å². The lowest BCUT2D eigenvalue weighted by Crippen LogP contribution is -2.30. The third-order valence-electron chi connectivity index (χ3n) is 4.37. The van der Waals surface area contributed by atoms with E-state index >= 15 is 0 Å². The van der Waals surface area contributed by atoms with Gasteiger partial charge in [0.05, 0.1) is 10.7 Å². The Bertz CT molecular complexity index is 438. The highest BCUT2D eigenvalue weighted by Gasteiger charge is 2.23. The molecular weight excluding hydrogens is 256 g/mol. The Balaban J connectivity index is 1.71. The summed E-state index contributed by atoms with van der Waals surface area (Å²) in [6.45, 7) is 2.08. The van der Waals surface area contributed by atoms with Crippen LogP contribution in [-0.2, 0) is 6.54 Å². The normalized spacial score (nSPS) is 19.3. The molecule has 2 nitrogen and oxygen atoms in total. The van der Waals surface area contributed by atoms with Gasteiger partial charge in [0.25, 0.3) is 0 Å². The second kappa shape index (κ2) is 5.72. The van der Waals surface area contributed by atoms with E-state index < -0.39 is 0 Å². The number of halogens is 1. The SMILES string of the molecule is CN(CC1CCC1)c1c(Cl)cccc1CNC1CC1. The van der Waals surface area contributed by atoms with Gasteiger partial charge in [-0.1, -0.05) is 30.2 Å². The van der Waals surface area contributed by atoms with Gasteiger partial charge in [0.1, 0.15) is 0 Å². The molecule has 0 heterocycles. The number of nitrogens with zero attached hydrogens (tertiary/aromatic N) is 1. The summed E-state index contributed by atoms with van der Waals surface area (Å²) in [7, 11) is 2.18. The second-order valence-electron chi connectivity index (χ2n) is 6.08. The number of hydrogen-bond donors (Lipinski definition) is 1. The largest absolute Gasteiger partial charge is 0.373 e. The van der Waals surface area contributed by atoms with Crippen LogP contribution in [0.2, 0.25) is 5.02 Å². The lowest BCUT2D eigenvalue weighted by molar-refractivity contribution is 0.321. The van der Waals surface area contributed by atoms with Gasteiger partial charge in [-0.3, -0.25) is 0 Å². The standard InChI is InChI=1S/C16H23ClN2/c1-19(11-12-4-2-5-12)16-13(6-3-7-15(16)17)10-18-14-8-9-14/h3,6-7,12,14,18H,2,4-5,8-11H2,1H3. The van der Waals surface area contributed by atoms with Crippen LogP contribution in [0.1, 0.15) is 37.7 Å². The number of para-hydroxylation sites is 1. The Labute approximate surface area is 121 Å². The fourth-order valence-electron chi connectivity index (χ4n) is 2.83. The summed E-state index contributed by atoms with van der Waals surface area (Å²) in [5.41, 5.74) is 2.56. The van der Waals surface area contributed by atoms with E-state index in [1.165, 1.54) is 43.4 Å². The minimum absolute atomic E-state index is 0.740. The predicted octanol–water partition coefficient (Wildman–Crippen LogP) is 3.83. The van der Waals surface area contributed by atoms with Crippen LogP contribution in [0.4, 0.5) is 5.69 Å². The highest BCUT2D eigenvalue weighted by atomic mass is 35.5. The topological polar surface area (TPSA) is 15.3 Å². The number of rotatable bonds is 6. The van der Waals surface area contributed by atoms with Gasteiger partial charge in [0.2, 0.25) is 0 Å². The second-order valence-corrected chi connectivity index (χ2v) is 6.49. The molecule has 1 N–H and O–H groups in total. The molecule has 0 unspecified atom stereocenters. The molecule has 0 radical (unpaired) electrons. The molecule has 0 aromatic heterocycles. The molecule has 0 amide bonds. The van der Waals surface area contributed by atoms with Gasteiger partial charge in [0.15, 0.2) is 0 Å². The summed E-state index contributed by atoms with van der Waals surface area (Å²) in [5.74, 6) is 0.866. The summed E-state index contributed by atoms with van der Waals surface area (Å²) < 4.78 is 0. The van der Waals surface area contributed by atoms with Crippen LogP contribution in [-0.4, -0.2) is 19.6 Å². The number of nitrogens with one attached hydrogen (secondary N) is 1. The zero-order valence-corrected chi connectivity index (χ0v) is 12.4. The van der Waals surface area contributed by atoms with Crippen molar-refractivity contribution in [1.29, 1.82) is 0 Å². The van der Waals surface area contributed by atoms with Gasteiger partial charge in [-0.25, -0.2) is 0 Å². The molecule has 3 heteroatoms. The Hall–Kier alpha value is -0.730. The highest BCUT2D eigenvalue weighted by Crippen LogP contribution is 2.33. The molecule has 2 saturated carbocycles. The minimum atomic E-state index is 0.740. The van der Waals surface area contributed by atoms with E-state index in [1.807, 2.05) is 6.07 Å². The predicted molar refractivity (Wildman–Crippen MR) is 81.9 cm³/mol. The molecule has 104 valence electrons. The quantitative estimate of drug-likeness (QED) is 0.851. The van der Waals surface area contributed by atoms with Crippen molar-refractivity contribution >= 4 is 17.3 Å². The molecule has 0 bridgehead atoms. The first-order valence-corrected chi connectivity index (χ1v) is 7.84. The summed E-state index contributed by atoms with van der Waals surface area (Å²) in [6, 6.07) is 7.01. The van der Waals surface area contributed by atoms with Crippen molar-refractivity contribution in [2.75, 3.05) is 18.5 Å². The molecule has 3 rings (SSSR count). The van der Waals surface area contributed by atoms with E-state index in [0.717, 1.165) is 30.1 Å². The van der Waals surface area contributed by atoms with Gasteiger partial charge in [-0.2, -0.15) is 0 Å². The van der Waals surface area contributed by atoms with Crippen LogP contribution < -0.4 is 10.2 Å². The summed E-state index contributed by atoms with van der Waals surface area (Å²) in [5, 5.41) is 4.48. The number of benzene rings is 1. The fourth-order valence-corrected chi connectivity index (χ4v) is 3.16. The molecule has 2 aliphatic carbocycles. The molecule has 0 spiro atoms. The first-order valence-electron chi connectivity index (χ1n) is 7.46. The molecule has 0 atom stereocenters. The zero-order valence-electron chi connectivity index (χ0n) is 11.7. The third kappa shape index (κ3) is 3.24. The van der Waals surface area contributed by atoms with Gasteiger partial charge in [0, 0.05) is 26.2 Å². The van der Waals surface area contributed by atoms with Crippen LogP contribution >= 0.6 is 11.6 Å². The molecule has 19 heavy (non-hydrogen) atoms. The molecule has 2 fully saturated rings. The Morgan fingerprint density at radius 2 is 2.05 bits per heavy atom. The monoisotopic (exact) mass is 278 g/mol. The average Bonchev–Trinajstić information content (AvgIpc) is 3.15. The van der Waals surface area contributed by atoms with Crippen molar-refractivity contribution < 1.29 is 0 Å². The van der Waals surface area contributed by atoms with Gasteiger partial charge >= 0.3 is 0 Å². The molecular formula is C16H23ClN2. The highest BCUT2D eigenvalue weighted by molar-refractivity contribution is 6.33. The van der Waals surface area contributed by atoms with Crippen molar-refractivity contribution in [3.63, 3.8) is 0 Å². The first kappa shape index (κ1) is 13.3. The number of anilines is 1. The molecule has 1 aromatic rings. The van der Waals surface area contributed by atoms with Crippen LogP contribution in [0.25, 0.3) is 0 Å². The van der Waals surface area contributed by atoms with Crippen molar-refractivity contribution in [2.24, 2.45) is 5.92 Å². The van der Waals surface area contributed by atoms with E-state index in [-0.39, 0.29) is 0 Å². The van der Waals surface area contributed by atoms with Crippen molar-refractivity contribution in [3.8, 4) is 0 Å². The van der Waals surface area contributed by atoms with Gasteiger partial charge in [-0.15, -0.1) is 0 Å². The van der Waals surface area contributed by atoms with E-state index in [4.69, 9.17) is 11.6 Å². The van der Waals surface area contributed by atoms with Crippen molar-refractivity contribution in [3.05, 3.63) is 28.8 Å². The summed E-state index contributed by atoms with van der Waals surface area (Å²) >= 11 is 6.43. The maximum atomic E-state index is 6.43. The zero-order chi connectivity index (χ0) is 13.2. The Morgan fingerprint density at radius 1 is 1.26 bits per heavy atom.